The fourth-order valence-electron chi connectivity index (χ4n) is 3.26. The van der Waals surface area contributed by atoms with E-state index < -0.39 is 45.6 Å². The number of halogens is 3. The number of rotatable bonds is 5. The van der Waals surface area contributed by atoms with E-state index in [1.807, 2.05) is 0 Å². The van der Waals surface area contributed by atoms with Gasteiger partial charge in [-0.1, -0.05) is 18.2 Å². The molecule has 1 aliphatic heterocycles. The van der Waals surface area contributed by atoms with Crippen molar-refractivity contribution in [2.75, 3.05) is 12.8 Å². The number of carbonyl (C=O) groups excluding carboxylic acids is 1. The van der Waals surface area contributed by atoms with Crippen molar-refractivity contribution in [3.63, 3.8) is 0 Å². The first-order valence-corrected chi connectivity index (χ1v) is 10.9. The number of hydrogen-bond acceptors (Lipinski definition) is 3. The lowest BCUT2D eigenvalue weighted by Crippen LogP contribution is -2.50. The highest BCUT2D eigenvalue weighted by molar-refractivity contribution is 7.93. The maximum Gasteiger partial charge on any atom is 0.318 e. The van der Waals surface area contributed by atoms with Crippen molar-refractivity contribution in [1.82, 2.24) is 10.2 Å². The molecule has 1 aliphatic rings. The lowest BCUT2D eigenvalue weighted by molar-refractivity contribution is -0.0686. The molecule has 2 amide bonds. The van der Waals surface area contributed by atoms with Gasteiger partial charge in [-0.3, -0.25) is 0 Å². The summed E-state index contributed by atoms with van der Waals surface area (Å²) in [6.07, 6.45) is 2.57. The molecule has 5 nitrogen and oxygen atoms in total. The first-order valence-electron chi connectivity index (χ1n) is 8.95. The average Bonchev–Trinajstić information content (AvgIpc) is 2.59. The number of amides is 2. The molecule has 1 saturated heterocycles. The van der Waals surface area contributed by atoms with E-state index in [0.717, 1.165) is 18.6 Å². The first-order chi connectivity index (χ1) is 12.9. The zero-order valence-corrected chi connectivity index (χ0v) is 16.8. The van der Waals surface area contributed by atoms with Gasteiger partial charge in [-0.05, 0) is 44.4 Å². The number of alkyl halides is 2. The van der Waals surface area contributed by atoms with E-state index in [1.54, 1.807) is 6.92 Å². The molecule has 1 N–H and O–H groups in total. The number of piperidine rings is 1. The van der Waals surface area contributed by atoms with E-state index in [4.69, 9.17) is 0 Å². The molecule has 0 spiro atoms. The summed E-state index contributed by atoms with van der Waals surface area (Å²) in [7, 11) is -3.33. The van der Waals surface area contributed by atoms with Crippen LogP contribution in [0.1, 0.15) is 38.3 Å². The van der Waals surface area contributed by atoms with Crippen molar-refractivity contribution in [3.05, 3.63) is 47.1 Å². The molecular weight excluding hydrogens is 393 g/mol. The number of nitrogens with one attached hydrogen (secondary N) is 1. The summed E-state index contributed by atoms with van der Waals surface area (Å²) in [5.41, 5.74) is 0.574. The molecule has 2 rings (SSSR count). The molecule has 3 atom stereocenters. The Kier molecular flexibility index (Phi) is 6.80. The van der Waals surface area contributed by atoms with Crippen LogP contribution in [0.2, 0.25) is 0 Å². The van der Waals surface area contributed by atoms with Crippen molar-refractivity contribution >= 4 is 15.9 Å². The third-order valence-electron chi connectivity index (χ3n) is 4.80. The van der Waals surface area contributed by atoms with Crippen LogP contribution in [-0.4, -0.2) is 44.1 Å². The van der Waals surface area contributed by atoms with Gasteiger partial charge in [0.1, 0.15) is 5.82 Å². The quantitative estimate of drug-likeness (QED) is 0.789. The highest BCUT2D eigenvalue weighted by Crippen LogP contribution is 2.41. The van der Waals surface area contributed by atoms with Crippen LogP contribution in [-0.2, 0) is 9.84 Å². The molecule has 1 aromatic carbocycles. The molecule has 0 aromatic heterocycles. The third kappa shape index (κ3) is 6.25. The van der Waals surface area contributed by atoms with E-state index in [0.29, 0.717) is 5.56 Å². The Labute approximate surface area is 163 Å². The van der Waals surface area contributed by atoms with Crippen molar-refractivity contribution in [3.8, 4) is 0 Å². The summed E-state index contributed by atoms with van der Waals surface area (Å²) in [4.78, 5) is 14.2. The monoisotopic (exact) mass is 418 g/mol. The van der Waals surface area contributed by atoms with Gasteiger partial charge in [0.05, 0.1) is 6.04 Å². The number of nitrogens with zero attached hydrogens (tertiary/aromatic N) is 1. The lowest BCUT2D eigenvalue weighted by Gasteiger charge is -2.41. The van der Waals surface area contributed by atoms with E-state index in [1.165, 1.54) is 35.2 Å². The summed E-state index contributed by atoms with van der Waals surface area (Å²) < 4.78 is 63.4. The Morgan fingerprint density at radius 2 is 1.93 bits per heavy atom. The number of hydrogen-bond donors (Lipinski definition) is 1. The zero-order valence-electron chi connectivity index (χ0n) is 16.0. The second-order valence-electron chi connectivity index (χ2n) is 7.33. The van der Waals surface area contributed by atoms with E-state index in [9.17, 15) is 26.4 Å². The van der Waals surface area contributed by atoms with E-state index >= 15 is 0 Å². The molecule has 0 aliphatic carbocycles. The summed E-state index contributed by atoms with van der Waals surface area (Å²) in [5.74, 6) is -4.23. The van der Waals surface area contributed by atoms with Crippen LogP contribution in [0, 0.1) is 11.7 Å². The molecule has 0 radical (unpaired) electrons. The molecule has 1 heterocycles. The normalized spacial score (nSPS) is 22.3. The van der Waals surface area contributed by atoms with Crippen LogP contribution in [0.5, 0.6) is 0 Å². The zero-order chi connectivity index (χ0) is 21.1. The van der Waals surface area contributed by atoms with Gasteiger partial charge in [0.15, 0.2) is 9.84 Å². The minimum absolute atomic E-state index is 0.0517. The Hall–Kier alpha value is -2.03. The molecule has 0 saturated carbocycles. The van der Waals surface area contributed by atoms with Gasteiger partial charge >= 0.3 is 6.03 Å². The highest BCUT2D eigenvalue weighted by atomic mass is 32.2. The summed E-state index contributed by atoms with van der Waals surface area (Å²) in [6, 6.07) is 3.76. The molecule has 0 bridgehead atoms. The van der Waals surface area contributed by atoms with Crippen LogP contribution < -0.4 is 5.32 Å². The second-order valence-corrected chi connectivity index (χ2v) is 9.27. The van der Waals surface area contributed by atoms with Crippen molar-refractivity contribution < 1.29 is 26.4 Å². The number of benzene rings is 1. The molecular formula is C19H25F3N2O3S. The fraction of sp³-hybridized carbons (Fsp3) is 0.526. The Morgan fingerprint density at radius 1 is 1.32 bits per heavy atom. The van der Waals surface area contributed by atoms with E-state index in [-0.39, 0.29) is 19.4 Å². The first kappa shape index (κ1) is 22.3. The maximum absolute atomic E-state index is 13.9. The maximum atomic E-state index is 13.9. The fourth-order valence-corrected chi connectivity index (χ4v) is 3.78. The molecule has 1 fully saturated rings. The lowest BCUT2D eigenvalue weighted by atomic mass is 9.84. The van der Waals surface area contributed by atoms with Crippen LogP contribution in [0.4, 0.5) is 18.0 Å². The van der Waals surface area contributed by atoms with Crippen LogP contribution >= 0.6 is 0 Å². The van der Waals surface area contributed by atoms with Gasteiger partial charge in [0, 0.05) is 30.2 Å². The smallest absolute Gasteiger partial charge is 0.318 e. The van der Waals surface area contributed by atoms with Crippen LogP contribution in [0.3, 0.4) is 0 Å². The summed E-state index contributed by atoms with van der Waals surface area (Å²) in [6.45, 7) is 2.59. The average molecular weight is 418 g/mol. The van der Waals surface area contributed by atoms with Crippen LogP contribution in [0.25, 0.3) is 0 Å². The second kappa shape index (κ2) is 8.55. The summed E-state index contributed by atoms with van der Waals surface area (Å²) in [5, 5.41) is 3.66. The molecule has 0 unspecified atom stereocenters. The SMILES string of the molecule is C[C@@H](/C=C/S(C)(=O)=O)NC(=O)N1CC[C@@H](C(C)(F)F)C[C@H]1c1ccc(F)cc1. The molecule has 9 heteroatoms. The van der Waals surface area contributed by atoms with E-state index in [2.05, 4.69) is 5.32 Å². The number of urea groups is 1. The van der Waals surface area contributed by atoms with Gasteiger partial charge in [-0.25, -0.2) is 26.4 Å². The van der Waals surface area contributed by atoms with Gasteiger partial charge < -0.3 is 10.2 Å². The summed E-state index contributed by atoms with van der Waals surface area (Å²) >= 11 is 0. The molecule has 28 heavy (non-hydrogen) atoms. The minimum Gasteiger partial charge on any atom is -0.332 e. The molecule has 1 aromatic rings. The third-order valence-corrected chi connectivity index (χ3v) is 5.45. The Morgan fingerprint density at radius 3 is 2.46 bits per heavy atom. The topological polar surface area (TPSA) is 66.5 Å². The van der Waals surface area contributed by atoms with Crippen molar-refractivity contribution in [2.45, 2.75) is 44.7 Å². The molecule has 156 valence electrons. The highest BCUT2D eigenvalue weighted by Gasteiger charge is 2.42. The van der Waals surface area contributed by atoms with Crippen LogP contribution in [0.15, 0.2) is 35.7 Å². The van der Waals surface area contributed by atoms with Crippen molar-refractivity contribution in [1.29, 1.82) is 0 Å². The van der Waals surface area contributed by atoms with Crippen molar-refractivity contribution in [2.24, 2.45) is 5.92 Å². The standard InChI is InChI=1S/C19H25F3N2O3S/c1-13(9-11-28(3,26)27)23-18(25)24-10-8-15(19(2,21)22)12-17(24)14-4-6-16(20)7-5-14/h4-7,9,11,13,15,17H,8,10,12H2,1-3H3,(H,23,25)/b11-9+/t13-,15+,17-/m0/s1. The van der Waals surface area contributed by atoms with Gasteiger partial charge in [-0.2, -0.15) is 0 Å². The minimum atomic E-state index is -3.33. The predicted octanol–water partition coefficient (Wildman–Crippen LogP) is 3.89. The van der Waals surface area contributed by atoms with Gasteiger partial charge in [-0.15, -0.1) is 0 Å². The largest absolute Gasteiger partial charge is 0.332 e. The van der Waals surface area contributed by atoms with Gasteiger partial charge in [0.25, 0.3) is 0 Å². The Balaban J connectivity index is 2.21. The van der Waals surface area contributed by atoms with Gasteiger partial charge in [0.2, 0.25) is 5.92 Å². The number of carbonyl (C=O) groups is 1. The Bertz CT molecular complexity index is 820. The predicted molar refractivity (Wildman–Crippen MR) is 101 cm³/mol. The number of sulfone groups is 1. The number of likely N-dealkylation sites (tertiary alicyclic amines) is 1.